The molecule has 3 aromatic carbocycles. The van der Waals surface area contributed by atoms with Gasteiger partial charge >= 0.3 is 0 Å². The Kier molecular flexibility index (Phi) is 6.90. The molecule has 0 aliphatic carbocycles. The van der Waals surface area contributed by atoms with Crippen LogP contribution < -0.4 is 9.62 Å². The Morgan fingerprint density at radius 1 is 1.03 bits per heavy atom. The van der Waals surface area contributed by atoms with Gasteiger partial charge in [0.2, 0.25) is 15.9 Å². The molecule has 0 saturated carbocycles. The van der Waals surface area contributed by atoms with Gasteiger partial charge in [-0.2, -0.15) is 0 Å². The predicted molar refractivity (Wildman–Crippen MR) is 118 cm³/mol. The van der Waals surface area contributed by atoms with Crippen LogP contribution in [0.15, 0.2) is 60.7 Å². The van der Waals surface area contributed by atoms with Gasteiger partial charge in [-0.25, -0.2) is 17.2 Å². The third-order valence-electron chi connectivity index (χ3n) is 5.05. The van der Waals surface area contributed by atoms with Crippen LogP contribution in [0.3, 0.4) is 0 Å². The molecule has 8 heteroatoms. The van der Waals surface area contributed by atoms with Crippen molar-refractivity contribution in [1.82, 2.24) is 5.32 Å². The highest BCUT2D eigenvalue weighted by Gasteiger charge is 2.29. The number of aryl methyl sites for hydroxylation is 1. The molecular formula is C23H24F2N2O3S. The van der Waals surface area contributed by atoms with Gasteiger partial charge in [-0.15, -0.1) is 0 Å². The second-order valence-electron chi connectivity index (χ2n) is 7.37. The van der Waals surface area contributed by atoms with E-state index in [1.165, 1.54) is 12.5 Å². The molecule has 0 aliphatic heterocycles. The minimum atomic E-state index is -3.91. The van der Waals surface area contributed by atoms with Crippen molar-refractivity contribution in [2.45, 2.75) is 25.8 Å². The summed E-state index contributed by atoms with van der Waals surface area (Å²) in [6.45, 7) is 1.75. The van der Waals surface area contributed by atoms with Gasteiger partial charge < -0.3 is 5.32 Å². The normalized spacial score (nSPS) is 12.5. The van der Waals surface area contributed by atoms with Crippen LogP contribution in [0.2, 0.25) is 0 Å². The maximum absolute atomic E-state index is 13.6. The van der Waals surface area contributed by atoms with Crippen LogP contribution in [0.25, 0.3) is 10.8 Å². The summed E-state index contributed by atoms with van der Waals surface area (Å²) in [5.41, 5.74) is 1.06. The van der Waals surface area contributed by atoms with Crippen LogP contribution in [0.1, 0.15) is 18.9 Å². The molecule has 31 heavy (non-hydrogen) atoms. The van der Waals surface area contributed by atoms with Crippen molar-refractivity contribution in [2.75, 3.05) is 17.1 Å². The first-order valence-electron chi connectivity index (χ1n) is 9.87. The maximum Gasteiger partial charge on any atom is 0.243 e. The van der Waals surface area contributed by atoms with Crippen LogP contribution in [0.5, 0.6) is 0 Å². The van der Waals surface area contributed by atoms with Crippen molar-refractivity contribution in [2.24, 2.45) is 0 Å². The summed E-state index contributed by atoms with van der Waals surface area (Å²) < 4.78 is 52.1. The van der Waals surface area contributed by atoms with Crippen LogP contribution in [-0.4, -0.2) is 33.2 Å². The van der Waals surface area contributed by atoms with Crippen LogP contribution >= 0.6 is 0 Å². The topological polar surface area (TPSA) is 66.5 Å². The van der Waals surface area contributed by atoms with E-state index in [0.29, 0.717) is 13.0 Å². The van der Waals surface area contributed by atoms with Crippen molar-refractivity contribution in [3.63, 3.8) is 0 Å². The maximum atomic E-state index is 13.6. The van der Waals surface area contributed by atoms with Crippen molar-refractivity contribution in [3.8, 4) is 0 Å². The standard InChI is InChI=1S/C23H24F2N2O3S/c1-16(27(31(2,29)30)19-12-13-21(24)22(25)15-19)23(28)26-14-6-10-18-9-5-8-17-7-3-4-11-20(17)18/h3-5,7-9,11-13,15-16H,6,10,14H2,1-2H3,(H,26,28). The van der Waals surface area contributed by atoms with Crippen molar-refractivity contribution in [3.05, 3.63) is 77.9 Å². The smallest absolute Gasteiger partial charge is 0.243 e. The molecule has 0 radical (unpaired) electrons. The van der Waals surface area contributed by atoms with Gasteiger partial charge in [-0.05, 0) is 48.2 Å². The molecule has 0 heterocycles. The number of nitrogens with zero attached hydrogens (tertiary/aromatic N) is 1. The highest BCUT2D eigenvalue weighted by molar-refractivity contribution is 7.92. The number of amides is 1. The first-order valence-corrected chi connectivity index (χ1v) is 11.7. The van der Waals surface area contributed by atoms with E-state index in [2.05, 4.69) is 11.4 Å². The lowest BCUT2D eigenvalue weighted by Gasteiger charge is -2.28. The second-order valence-corrected chi connectivity index (χ2v) is 9.23. The minimum Gasteiger partial charge on any atom is -0.354 e. The Morgan fingerprint density at radius 2 is 1.74 bits per heavy atom. The summed E-state index contributed by atoms with van der Waals surface area (Å²) in [7, 11) is -3.91. The zero-order chi connectivity index (χ0) is 22.6. The molecule has 1 unspecified atom stereocenters. The zero-order valence-electron chi connectivity index (χ0n) is 17.3. The van der Waals surface area contributed by atoms with Crippen LogP contribution in [0, 0.1) is 11.6 Å². The van der Waals surface area contributed by atoms with E-state index in [-0.39, 0.29) is 5.69 Å². The number of hydrogen-bond donors (Lipinski definition) is 1. The number of sulfonamides is 1. The summed E-state index contributed by atoms with van der Waals surface area (Å²) in [5.74, 6) is -2.80. The zero-order valence-corrected chi connectivity index (χ0v) is 18.1. The summed E-state index contributed by atoms with van der Waals surface area (Å²) in [6.07, 6.45) is 2.32. The number of halogens is 2. The number of carbonyl (C=O) groups is 1. The predicted octanol–water partition coefficient (Wildman–Crippen LogP) is 4.02. The summed E-state index contributed by atoms with van der Waals surface area (Å²) >= 11 is 0. The van der Waals surface area contributed by atoms with E-state index in [9.17, 15) is 22.0 Å². The minimum absolute atomic E-state index is 0.111. The Morgan fingerprint density at radius 3 is 2.45 bits per heavy atom. The lowest BCUT2D eigenvalue weighted by molar-refractivity contribution is -0.121. The Labute approximate surface area is 180 Å². The van der Waals surface area contributed by atoms with Crippen molar-refractivity contribution >= 4 is 32.4 Å². The molecule has 0 fully saturated rings. The first-order chi connectivity index (χ1) is 14.7. The van der Waals surface area contributed by atoms with Crippen LogP contribution in [0.4, 0.5) is 14.5 Å². The largest absolute Gasteiger partial charge is 0.354 e. The molecule has 164 valence electrons. The molecule has 0 spiro atoms. The first kappa shape index (κ1) is 22.7. The van der Waals surface area contributed by atoms with E-state index in [0.717, 1.165) is 46.0 Å². The quantitative estimate of drug-likeness (QED) is 0.532. The number of anilines is 1. The number of nitrogens with one attached hydrogen (secondary N) is 1. The molecule has 0 aliphatic rings. The van der Waals surface area contributed by atoms with Crippen LogP contribution in [-0.2, 0) is 21.2 Å². The molecule has 0 saturated heterocycles. The number of fused-ring (bicyclic) bond motifs is 1. The van der Waals surface area contributed by atoms with Gasteiger partial charge in [-0.1, -0.05) is 42.5 Å². The average molecular weight is 447 g/mol. The fraction of sp³-hybridized carbons (Fsp3) is 0.261. The van der Waals surface area contributed by atoms with E-state index < -0.39 is 33.6 Å². The molecule has 0 bridgehead atoms. The SMILES string of the molecule is CC(C(=O)NCCCc1cccc2ccccc12)N(c1ccc(F)c(F)c1)S(C)(=O)=O. The third kappa shape index (κ3) is 5.38. The molecule has 3 aromatic rings. The fourth-order valence-corrected chi connectivity index (χ4v) is 4.75. The van der Waals surface area contributed by atoms with E-state index >= 15 is 0 Å². The van der Waals surface area contributed by atoms with Gasteiger partial charge in [-0.3, -0.25) is 9.10 Å². The van der Waals surface area contributed by atoms with Gasteiger partial charge in [0.15, 0.2) is 11.6 Å². The second kappa shape index (κ2) is 9.43. The molecule has 1 N–H and O–H groups in total. The van der Waals surface area contributed by atoms with E-state index in [1.54, 1.807) is 0 Å². The van der Waals surface area contributed by atoms with E-state index in [4.69, 9.17) is 0 Å². The van der Waals surface area contributed by atoms with Crippen molar-refractivity contribution < 1.29 is 22.0 Å². The average Bonchev–Trinajstić information content (AvgIpc) is 2.72. The summed E-state index contributed by atoms with van der Waals surface area (Å²) in [6, 6.07) is 15.7. The fourth-order valence-electron chi connectivity index (χ4n) is 3.58. The highest BCUT2D eigenvalue weighted by atomic mass is 32.2. The molecule has 1 amide bonds. The summed E-state index contributed by atoms with van der Waals surface area (Å²) in [5, 5.41) is 5.04. The molecule has 3 rings (SSSR count). The Bertz CT molecular complexity index is 1190. The van der Waals surface area contributed by atoms with Gasteiger partial charge in [0.1, 0.15) is 6.04 Å². The summed E-state index contributed by atoms with van der Waals surface area (Å²) in [4.78, 5) is 12.6. The lowest BCUT2D eigenvalue weighted by Crippen LogP contribution is -2.48. The number of carbonyl (C=O) groups excluding carboxylic acids is 1. The van der Waals surface area contributed by atoms with E-state index in [1.807, 2.05) is 36.4 Å². The Hall–Kier alpha value is -3.00. The molecular weight excluding hydrogens is 422 g/mol. The highest BCUT2D eigenvalue weighted by Crippen LogP contribution is 2.23. The third-order valence-corrected chi connectivity index (χ3v) is 6.29. The molecule has 0 aromatic heterocycles. The Balaban J connectivity index is 1.65. The van der Waals surface area contributed by atoms with Gasteiger partial charge in [0.25, 0.3) is 0 Å². The number of hydrogen-bond acceptors (Lipinski definition) is 3. The molecule has 1 atom stereocenters. The number of benzene rings is 3. The van der Waals surface area contributed by atoms with Gasteiger partial charge in [0.05, 0.1) is 11.9 Å². The van der Waals surface area contributed by atoms with Gasteiger partial charge in [0, 0.05) is 12.6 Å². The van der Waals surface area contributed by atoms with Crippen molar-refractivity contribution in [1.29, 1.82) is 0 Å². The monoisotopic (exact) mass is 446 g/mol. The molecule has 5 nitrogen and oxygen atoms in total. The lowest BCUT2D eigenvalue weighted by atomic mass is 10.0. The number of rotatable bonds is 8.